The highest BCUT2D eigenvalue weighted by Crippen LogP contribution is 2.16. The van der Waals surface area contributed by atoms with E-state index in [2.05, 4.69) is 48.2 Å². The Morgan fingerprint density at radius 3 is 2.35 bits per heavy atom. The fourth-order valence-corrected chi connectivity index (χ4v) is 2.82. The number of nitrogens with zero attached hydrogens (tertiary/aromatic N) is 3. The third kappa shape index (κ3) is 8.31. The summed E-state index contributed by atoms with van der Waals surface area (Å²) in [6.07, 6.45) is 1.00. The average molecular weight is 477 g/mol. The standard InChI is InChI=1S/C18H31N5O2.HI/c1-14(2)22(15(3)4)12-8-11-20-18(19-5)21-13-16-9-6-7-10-17(16)23(24)25;/h6-7,9-10,14-15H,8,11-13H2,1-5H3,(H2,19,20,21);1H. The van der Waals surface area contributed by atoms with Crippen LogP contribution in [0.15, 0.2) is 29.3 Å². The fraction of sp³-hybridized carbons (Fsp3) is 0.611. The van der Waals surface area contributed by atoms with E-state index in [1.165, 1.54) is 6.07 Å². The number of guanidine groups is 1. The van der Waals surface area contributed by atoms with E-state index in [9.17, 15) is 10.1 Å². The summed E-state index contributed by atoms with van der Waals surface area (Å²) >= 11 is 0. The lowest BCUT2D eigenvalue weighted by molar-refractivity contribution is -0.385. The molecule has 0 aliphatic carbocycles. The third-order valence-corrected chi connectivity index (χ3v) is 4.07. The van der Waals surface area contributed by atoms with E-state index in [0.717, 1.165) is 19.5 Å². The summed E-state index contributed by atoms with van der Waals surface area (Å²) in [7, 11) is 1.70. The number of nitrogens with one attached hydrogen (secondary N) is 2. The highest BCUT2D eigenvalue weighted by Gasteiger charge is 2.13. The van der Waals surface area contributed by atoms with Gasteiger partial charge in [-0.05, 0) is 34.1 Å². The molecule has 0 amide bonds. The SMILES string of the molecule is CN=C(NCCCN(C(C)C)C(C)C)NCc1ccccc1[N+](=O)[O-].I. The summed E-state index contributed by atoms with van der Waals surface area (Å²) in [5.74, 6) is 0.652. The quantitative estimate of drug-likeness (QED) is 0.142. The lowest BCUT2D eigenvalue weighted by Crippen LogP contribution is -2.41. The molecular formula is C18H32IN5O2. The maximum absolute atomic E-state index is 11.0. The summed E-state index contributed by atoms with van der Waals surface area (Å²) in [6, 6.07) is 7.78. The second-order valence-corrected chi connectivity index (χ2v) is 6.52. The molecule has 0 aromatic heterocycles. The topological polar surface area (TPSA) is 82.8 Å². The van der Waals surface area contributed by atoms with Gasteiger partial charge in [0.05, 0.1) is 4.92 Å². The Bertz CT molecular complexity index is 570. The largest absolute Gasteiger partial charge is 0.356 e. The number of hydrogen-bond acceptors (Lipinski definition) is 4. The van der Waals surface area contributed by atoms with Crippen molar-refractivity contribution < 1.29 is 4.92 Å². The van der Waals surface area contributed by atoms with Crippen molar-refractivity contribution in [1.82, 2.24) is 15.5 Å². The second kappa shape index (κ2) is 12.9. The zero-order valence-electron chi connectivity index (χ0n) is 16.4. The lowest BCUT2D eigenvalue weighted by Gasteiger charge is -2.30. The second-order valence-electron chi connectivity index (χ2n) is 6.52. The number of hydrogen-bond donors (Lipinski definition) is 2. The zero-order chi connectivity index (χ0) is 18.8. The first-order valence-electron chi connectivity index (χ1n) is 8.79. The first kappa shape index (κ1) is 24.6. The molecule has 0 heterocycles. The number of benzene rings is 1. The molecule has 0 radical (unpaired) electrons. The molecule has 0 fully saturated rings. The zero-order valence-corrected chi connectivity index (χ0v) is 18.7. The van der Waals surface area contributed by atoms with Gasteiger partial charge in [-0.1, -0.05) is 18.2 Å². The molecule has 0 aliphatic heterocycles. The van der Waals surface area contributed by atoms with E-state index in [4.69, 9.17) is 0 Å². The van der Waals surface area contributed by atoms with Crippen LogP contribution in [0.4, 0.5) is 5.69 Å². The van der Waals surface area contributed by atoms with Crippen LogP contribution in [0.3, 0.4) is 0 Å². The maximum Gasteiger partial charge on any atom is 0.274 e. The van der Waals surface area contributed by atoms with Crippen molar-refractivity contribution >= 4 is 35.6 Å². The molecule has 0 saturated heterocycles. The van der Waals surface area contributed by atoms with Crippen molar-refractivity contribution in [2.45, 2.75) is 52.7 Å². The van der Waals surface area contributed by atoms with E-state index in [1.54, 1.807) is 25.2 Å². The molecule has 0 unspecified atom stereocenters. The van der Waals surface area contributed by atoms with Crippen LogP contribution in [0.25, 0.3) is 0 Å². The van der Waals surface area contributed by atoms with Gasteiger partial charge in [-0.15, -0.1) is 24.0 Å². The number of rotatable bonds is 9. The van der Waals surface area contributed by atoms with Gasteiger partial charge in [0.2, 0.25) is 0 Å². The fourth-order valence-electron chi connectivity index (χ4n) is 2.82. The van der Waals surface area contributed by atoms with E-state index < -0.39 is 0 Å². The van der Waals surface area contributed by atoms with Gasteiger partial charge in [-0.2, -0.15) is 0 Å². The van der Waals surface area contributed by atoms with Crippen LogP contribution >= 0.6 is 24.0 Å². The molecule has 0 aliphatic rings. The van der Waals surface area contributed by atoms with Crippen LogP contribution in [0, 0.1) is 10.1 Å². The molecule has 7 nitrogen and oxygen atoms in total. The van der Waals surface area contributed by atoms with Gasteiger partial charge in [0.25, 0.3) is 5.69 Å². The Hall–Kier alpha value is -1.42. The Morgan fingerprint density at radius 1 is 1.19 bits per heavy atom. The molecule has 8 heteroatoms. The third-order valence-electron chi connectivity index (χ3n) is 4.07. The van der Waals surface area contributed by atoms with Crippen LogP contribution in [-0.4, -0.2) is 48.0 Å². The van der Waals surface area contributed by atoms with Crippen molar-refractivity contribution in [3.63, 3.8) is 0 Å². The molecule has 0 bridgehead atoms. The molecule has 0 spiro atoms. The Morgan fingerprint density at radius 2 is 1.81 bits per heavy atom. The molecule has 1 aromatic carbocycles. The normalized spacial score (nSPS) is 11.6. The Kier molecular flexibility index (Phi) is 12.2. The Balaban J connectivity index is 0.00000625. The molecule has 1 aromatic rings. The number of para-hydroxylation sites is 1. The van der Waals surface area contributed by atoms with Crippen LogP contribution in [0.5, 0.6) is 0 Å². The lowest BCUT2D eigenvalue weighted by atomic mass is 10.2. The summed E-state index contributed by atoms with van der Waals surface area (Å²) in [5.41, 5.74) is 0.760. The first-order valence-corrected chi connectivity index (χ1v) is 8.79. The number of aliphatic imine (C=N–C) groups is 1. The van der Waals surface area contributed by atoms with Gasteiger partial charge < -0.3 is 10.6 Å². The maximum atomic E-state index is 11.0. The molecule has 1 rings (SSSR count). The van der Waals surface area contributed by atoms with Gasteiger partial charge >= 0.3 is 0 Å². The molecular weight excluding hydrogens is 445 g/mol. The number of halogens is 1. The number of nitro benzene ring substituents is 1. The highest BCUT2D eigenvalue weighted by atomic mass is 127. The summed E-state index contributed by atoms with van der Waals surface area (Å²) in [4.78, 5) is 17.3. The minimum Gasteiger partial charge on any atom is -0.356 e. The highest BCUT2D eigenvalue weighted by molar-refractivity contribution is 14.0. The Labute approximate surface area is 173 Å². The van der Waals surface area contributed by atoms with Crippen molar-refractivity contribution in [1.29, 1.82) is 0 Å². The van der Waals surface area contributed by atoms with Crippen molar-refractivity contribution in [2.24, 2.45) is 4.99 Å². The van der Waals surface area contributed by atoms with E-state index in [-0.39, 0.29) is 34.6 Å². The predicted octanol–water partition coefficient (Wildman–Crippen LogP) is 3.39. The average Bonchev–Trinajstić information content (AvgIpc) is 2.56. The molecule has 2 N–H and O–H groups in total. The first-order chi connectivity index (χ1) is 11.9. The molecule has 148 valence electrons. The van der Waals surface area contributed by atoms with E-state index in [0.29, 0.717) is 30.2 Å². The van der Waals surface area contributed by atoms with E-state index in [1.807, 2.05) is 0 Å². The summed E-state index contributed by atoms with van der Waals surface area (Å²) < 4.78 is 0. The van der Waals surface area contributed by atoms with Crippen molar-refractivity contribution in [2.75, 3.05) is 20.1 Å². The van der Waals surface area contributed by atoms with Gasteiger partial charge in [0, 0.05) is 50.4 Å². The smallest absolute Gasteiger partial charge is 0.274 e. The minimum atomic E-state index is -0.361. The molecule has 0 saturated carbocycles. The monoisotopic (exact) mass is 477 g/mol. The van der Waals surface area contributed by atoms with E-state index >= 15 is 0 Å². The number of nitro groups is 1. The predicted molar refractivity (Wildman–Crippen MR) is 118 cm³/mol. The van der Waals surface area contributed by atoms with Crippen LogP contribution < -0.4 is 10.6 Å². The summed E-state index contributed by atoms with van der Waals surface area (Å²) in [6.45, 7) is 11.0. The molecule has 26 heavy (non-hydrogen) atoms. The van der Waals surface area contributed by atoms with Crippen LogP contribution in [0.2, 0.25) is 0 Å². The van der Waals surface area contributed by atoms with Crippen LogP contribution in [0.1, 0.15) is 39.7 Å². The van der Waals surface area contributed by atoms with Gasteiger partial charge in [0.1, 0.15) is 0 Å². The summed E-state index contributed by atoms with van der Waals surface area (Å²) in [5, 5.41) is 17.4. The van der Waals surface area contributed by atoms with Crippen LogP contribution in [-0.2, 0) is 6.54 Å². The minimum absolute atomic E-state index is 0. The van der Waals surface area contributed by atoms with Gasteiger partial charge in [0.15, 0.2) is 5.96 Å². The van der Waals surface area contributed by atoms with Gasteiger partial charge in [-0.25, -0.2) is 0 Å². The van der Waals surface area contributed by atoms with Crippen molar-refractivity contribution in [3.05, 3.63) is 39.9 Å². The van der Waals surface area contributed by atoms with Gasteiger partial charge in [-0.3, -0.25) is 20.0 Å². The molecule has 0 atom stereocenters. The van der Waals surface area contributed by atoms with Crippen molar-refractivity contribution in [3.8, 4) is 0 Å².